The number of hydrogen-bond donors (Lipinski definition) is 2. The molecule has 2 N–H and O–H groups in total. The van der Waals surface area contributed by atoms with Gasteiger partial charge < -0.3 is 19.2 Å². The van der Waals surface area contributed by atoms with E-state index in [-0.39, 0.29) is 12.4 Å². The van der Waals surface area contributed by atoms with E-state index in [1.165, 1.54) is 0 Å². The Balaban J connectivity index is 1.74. The molecule has 0 aromatic carbocycles. The number of Topliss-reactive ketones (excluding diaryl/α,β-unsaturated/α-hetero) is 1. The second-order valence-electron chi connectivity index (χ2n) is 7.61. The number of carbonyl (C=O) groups excluding carboxylic acids is 2. The number of fused-ring (bicyclic) bond motifs is 1. The molecule has 0 saturated carbocycles. The molecule has 2 aliphatic rings. The Labute approximate surface area is 180 Å². The number of nitrogens with zero attached hydrogens (tertiary/aromatic N) is 3. The number of hydrazine groups is 1. The van der Waals surface area contributed by atoms with Crippen molar-refractivity contribution in [3.05, 3.63) is 35.8 Å². The number of rotatable bonds is 6. The van der Waals surface area contributed by atoms with E-state index >= 15 is 0 Å². The largest absolute Gasteiger partial charge is 0.465 e. The maximum Gasteiger partial charge on any atom is 0.324 e. The summed E-state index contributed by atoms with van der Waals surface area (Å²) in [6, 6.07) is 3.72. The van der Waals surface area contributed by atoms with Gasteiger partial charge in [-0.25, -0.2) is 9.99 Å². The lowest BCUT2D eigenvalue weighted by molar-refractivity contribution is -0.196. The van der Waals surface area contributed by atoms with Crippen LogP contribution < -0.4 is 5.43 Å². The standard InChI is InChI=1S/C21H27N5O5/c1-4-30-20(28)17-18(27)16(12-14-13-23-19-15(14)6-5-7-22-19)31-21(17,25(2)3)24-26-8-10-29-11-9-26/h5-7,12-13,17,24H,4,8-11H2,1-3H3,(H,22,23). The SMILES string of the molecule is CCOC(=O)C1C(=O)C(=Cc2c[nH]c3ncccc23)OC1(NN1CCOCC1)N(C)C. The molecule has 166 valence electrons. The van der Waals surface area contributed by atoms with Gasteiger partial charge in [0.25, 0.3) is 5.85 Å². The number of allylic oxidation sites excluding steroid dienone is 1. The molecule has 2 saturated heterocycles. The lowest BCUT2D eigenvalue weighted by atomic mass is 9.98. The first kappa shape index (κ1) is 21.4. The van der Waals surface area contributed by atoms with Gasteiger partial charge in [-0.15, -0.1) is 0 Å². The molecule has 2 fully saturated rings. The fraction of sp³-hybridized carbons (Fsp3) is 0.476. The molecule has 0 amide bonds. The van der Waals surface area contributed by atoms with E-state index in [4.69, 9.17) is 14.2 Å². The Morgan fingerprint density at radius 3 is 2.94 bits per heavy atom. The summed E-state index contributed by atoms with van der Waals surface area (Å²) in [4.78, 5) is 35.4. The molecule has 0 spiro atoms. The molecule has 2 atom stereocenters. The monoisotopic (exact) mass is 429 g/mol. The number of H-pyrrole nitrogens is 1. The van der Waals surface area contributed by atoms with Crippen LogP contribution in [-0.4, -0.2) is 84.5 Å². The fourth-order valence-electron chi connectivity index (χ4n) is 3.87. The zero-order chi connectivity index (χ0) is 22.0. The van der Waals surface area contributed by atoms with Crippen LogP contribution in [0.5, 0.6) is 0 Å². The van der Waals surface area contributed by atoms with Gasteiger partial charge in [0.1, 0.15) is 5.65 Å². The summed E-state index contributed by atoms with van der Waals surface area (Å²) >= 11 is 0. The van der Waals surface area contributed by atoms with E-state index in [2.05, 4.69) is 15.4 Å². The molecule has 10 nitrogen and oxygen atoms in total. The average Bonchev–Trinajstić information content (AvgIpc) is 3.29. The number of morpholine rings is 1. The van der Waals surface area contributed by atoms with E-state index in [1.54, 1.807) is 44.4 Å². The highest BCUT2D eigenvalue weighted by molar-refractivity contribution is 6.12. The number of nitrogens with one attached hydrogen (secondary N) is 2. The minimum Gasteiger partial charge on any atom is -0.465 e. The van der Waals surface area contributed by atoms with Crippen molar-refractivity contribution in [2.75, 3.05) is 47.0 Å². The Morgan fingerprint density at radius 2 is 2.23 bits per heavy atom. The molecule has 2 unspecified atom stereocenters. The first-order valence-electron chi connectivity index (χ1n) is 10.3. The van der Waals surface area contributed by atoms with Crippen molar-refractivity contribution in [1.82, 2.24) is 25.3 Å². The van der Waals surface area contributed by atoms with Crippen LogP contribution in [0.25, 0.3) is 17.1 Å². The summed E-state index contributed by atoms with van der Waals surface area (Å²) in [5.41, 5.74) is 4.72. The Kier molecular flexibility index (Phi) is 6.05. The predicted octanol–water partition coefficient (Wildman–Crippen LogP) is 0.735. The number of esters is 1. The zero-order valence-corrected chi connectivity index (χ0v) is 17.9. The van der Waals surface area contributed by atoms with Gasteiger partial charge in [0.05, 0.1) is 19.8 Å². The molecule has 10 heteroatoms. The van der Waals surface area contributed by atoms with Gasteiger partial charge in [0.2, 0.25) is 5.78 Å². The van der Waals surface area contributed by atoms with Gasteiger partial charge in [-0.1, -0.05) is 0 Å². The lowest BCUT2D eigenvalue weighted by Gasteiger charge is -2.42. The fourth-order valence-corrected chi connectivity index (χ4v) is 3.87. The van der Waals surface area contributed by atoms with E-state index in [0.717, 1.165) is 10.9 Å². The number of aromatic amines is 1. The quantitative estimate of drug-likeness (QED) is 0.297. The van der Waals surface area contributed by atoms with E-state index < -0.39 is 23.5 Å². The molecule has 2 aliphatic heterocycles. The molecule has 2 aromatic rings. The summed E-state index contributed by atoms with van der Waals surface area (Å²) in [7, 11) is 3.51. The molecule has 0 radical (unpaired) electrons. The molecule has 0 bridgehead atoms. The summed E-state index contributed by atoms with van der Waals surface area (Å²) in [5, 5.41) is 2.75. The van der Waals surface area contributed by atoms with E-state index in [9.17, 15) is 9.59 Å². The van der Waals surface area contributed by atoms with E-state index in [0.29, 0.717) is 32.0 Å². The Morgan fingerprint density at radius 1 is 1.45 bits per heavy atom. The molecule has 31 heavy (non-hydrogen) atoms. The third-order valence-electron chi connectivity index (χ3n) is 5.45. The first-order valence-corrected chi connectivity index (χ1v) is 10.3. The second kappa shape index (κ2) is 8.75. The molecule has 0 aliphatic carbocycles. The number of carbonyl (C=O) groups is 2. The molecular weight excluding hydrogens is 402 g/mol. The lowest BCUT2D eigenvalue weighted by Crippen LogP contribution is -2.68. The van der Waals surface area contributed by atoms with Crippen LogP contribution in [0.4, 0.5) is 0 Å². The van der Waals surface area contributed by atoms with Gasteiger partial charge in [-0.3, -0.25) is 14.5 Å². The highest BCUT2D eigenvalue weighted by Crippen LogP contribution is 2.38. The van der Waals surface area contributed by atoms with Gasteiger partial charge >= 0.3 is 5.97 Å². The van der Waals surface area contributed by atoms with Crippen LogP contribution in [0.3, 0.4) is 0 Å². The molecular formula is C21H27N5O5. The van der Waals surface area contributed by atoms with Crippen molar-refractivity contribution in [3.8, 4) is 0 Å². The highest BCUT2D eigenvalue weighted by atomic mass is 16.6. The van der Waals surface area contributed by atoms with Crippen molar-refractivity contribution >= 4 is 28.9 Å². The summed E-state index contributed by atoms with van der Waals surface area (Å²) < 4.78 is 16.9. The van der Waals surface area contributed by atoms with Crippen LogP contribution in [-0.2, 0) is 23.8 Å². The maximum absolute atomic E-state index is 13.4. The van der Waals surface area contributed by atoms with Gasteiger partial charge in [0, 0.05) is 36.4 Å². The number of pyridine rings is 1. The summed E-state index contributed by atoms with van der Waals surface area (Å²) in [6.07, 6.45) is 5.08. The average molecular weight is 429 g/mol. The second-order valence-corrected chi connectivity index (χ2v) is 7.61. The van der Waals surface area contributed by atoms with Crippen LogP contribution in [0, 0.1) is 5.92 Å². The maximum atomic E-state index is 13.4. The first-order chi connectivity index (χ1) is 15.0. The minimum atomic E-state index is -1.42. The molecule has 2 aromatic heterocycles. The summed E-state index contributed by atoms with van der Waals surface area (Å²) in [6.45, 7) is 4.14. The van der Waals surface area contributed by atoms with Crippen molar-refractivity contribution in [3.63, 3.8) is 0 Å². The third kappa shape index (κ3) is 3.94. The van der Waals surface area contributed by atoms with E-state index in [1.807, 2.05) is 17.1 Å². The van der Waals surface area contributed by atoms with Crippen molar-refractivity contribution < 1.29 is 23.8 Å². The van der Waals surface area contributed by atoms with Gasteiger partial charge in [-0.05, 0) is 39.2 Å². The third-order valence-corrected chi connectivity index (χ3v) is 5.45. The van der Waals surface area contributed by atoms with Crippen molar-refractivity contribution in [1.29, 1.82) is 0 Å². The smallest absolute Gasteiger partial charge is 0.324 e. The van der Waals surface area contributed by atoms with Gasteiger partial charge in [0.15, 0.2) is 11.7 Å². The number of ketones is 1. The van der Waals surface area contributed by atoms with Gasteiger partial charge in [-0.2, -0.15) is 5.43 Å². The normalized spacial score (nSPS) is 26.0. The highest BCUT2D eigenvalue weighted by Gasteiger charge is 2.60. The minimum absolute atomic E-state index is 0.0808. The van der Waals surface area contributed by atoms with Crippen molar-refractivity contribution in [2.45, 2.75) is 12.8 Å². The number of aromatic nitrogens is 2. The number of ether oxygens (including phenoxy) is 3. The molecule has 4 rings (SSSR count). The Hall–Kier alpha value is -2.79. The Bertz CT molecular complexity index is 997. The molecule has 4 heterocycles. The van der Waals surface area contributed by atoms with Crippen LogP contribution in [0.1, 0.15) is 12.5 Å². The van der Waals surface area contributed by atoms with Crippen molar-refractivity contribution in [2.24, 2.45) is 5.92 Å². The van der Waals surface area contributed by atoms with Crippen LogP contribution in [0.15, 0.2) is 30.3 Å². The summed E-state index contributed by atoms with van der Waals surface area (Å²) in [5.74, 6) is -3.61. The topological polar surface area (TPSA) is 109 Å². The number of hydrogen-bond acceptors (Lipinski definition) is 9. The van der Waals surface area contributed by atoms with Crippen LogP contribution >= 0.6 is 0 Å². The predicted molar refractivity (Wildman–Crippen MR) is 112 cm³/mol. The zero-order valence-electron chi connectivity index (χ0n) is 17.9. The van der Waals surface area contributed by atoms with Crippen LogP contribution in [0.2, 0.25) is 0 Å².